The summed E-state index contributed by atoms with van der Waals surface area (Å²) in [5, 5.41) is 17.5. The number of carbonyl (C=O) groups excluding carboxylic acids is 1. The van der Waals surface area contributed by atoms with E-state index >= 15 is 0 Å². The molecule has 0 heterocycles. The van der Waals surface area contributed by atoms with Crippen LogP contribution in [0.2, 0.25) is 0 Å². The van der Waals surface area contributed by atoms with Gasteiger partial charge in [-0.15, -0.1) is 11.6 Å². The van der Waals surface area contributed by atoms with Crippen molar-refractivity contribution >= 4 is 17.4 Å². The van der Waals surface area contributed by atoms with Crippen LogP contribution < -0.4 is 0 Å². The van der Waals surface area contributed by atoms with Crippen LogP contribution in [-0.2, 0) is 0 Å². The zero-order chi connectivity index (χ0) is 10.7. The zero-order valence-electron chi connectivity index (χ0n) is 6.92. The second kappa shape index (κ2) is 4.07. The summed E-state index contributed by atoms with van der Waals surface area (Å²) in [6.45, 7) is 0. The van der Waals surface area contributed by atoms with E-state index in [2.05, 4.69) is 0 Å². The molecule has 3 nitrogen and oxygen atoms in total. The van der Waals surface area contributed by atoms with Gasteiger partial charge in [0.05, 0.1) is 23.1 Å². The Kier molecular flexibility index (Phi) is 3.05. The number of Topliss-reactive ketones (excluding diaryl/α,β-unsaturated/α-hetero) is 1. The average molecular weight is 214 g/mol. The number of ketones is 1. The molecular weight excluding hydrogens is 209 g/mol. The second-order valence-corrected chi connectivity index (χ2v) is 2.79. The highest BCUT2D eigenvalue weighted by Crippen LogP contribution is 2.22. The summed E-state index contributed by atoms with van der Waals surface area (Å²) >= 11 is 5.23. The topological polar surface area (TPSA) is 61.1 Å². The Morgan fingerprint density at radius 2 is 2.29 bits per heavy atom. The van der Waals surface area contributed by atoms with Gasteiger partial charge in [-0.2, -0.15) is 5.26 Å². The summed E-state index contributed by atoms with van der Waals surface area (Å²) in [4.78, 5) is 11.1. The molecule has 0 bridgehead atoms. The van der Waals surface area contributed by atoms with Crippen LogP contribution in [0, 0.1) is 17.1 Å². The molecule has 0 aliphatic carbocycles. The fourth-order valence-electron chi connectivity index (χ4n) is 0.949. The summed E-state index contributed by atoms with van der Waals surface area (Å²) in [7, 11) is 0. The fraction of sp³-hybridized carbons (Fsp3) is 0.111. The lowest BCUT2D eigenvalue weighted by Crippen LogP contribution is -2.04. The maximum atomic E-state index is 13.1. The molecule has 0 aliphatic heterocycles. The molecule has 0 aliphatic rings. The highest BCUT2D eigenvalue weighted by atomic mass is 35.5. The number of halogens is 2. The minimum atomic E-state index is -1.05. The standard InChI is InChI=1S/C9H5ClFNO2/c10-3-8(14)6-1-5(4-12)2-7(13)9(6)11/h1-2,13H,3H2. The number of phenols is 1. The predicted octanol–water partition coefficient (Wildman–Crippen LogP) is 1.82. The Morgan fingerprint density at radius 3 is 2.79 bits per heavy atom. The molecule has 5 heteroatoms. The van der Waals surface area contributed by atoms with Crippen LogP contribution in [0.5, 0.6) is 5.75 Å². The smallest absolute Gasteiger partial charge is 0.180 e. The van der Waals surface area contributed by atoms with Gasteiger partial charge in [-0.1, -0.05) is 0 Å². The number of carbonyl (C=O) groups is 1. The van der Waals surface area contributed by atoms with Gasteiger partial charge in [0.15, 0.2) is 17.3 Å². The SMILES string of the molecule is N#Cc1cc(O)c(F)c(C(=O)CCl)c1. The minimum absolute atomic E-state index is 0.0115. The van der Waals surface area contributed by atoms with Crippen molar-refractivity contribution in [3.05, 3.63) is 29.1 Å². The Bertz CT molecular complexity index is 426. The van der Waals surface area contributed by atoms with E-state index < -0.39 is 23.2 Å². The Morgan fingerprint density at radius 1 is 1.64 bits per heavy atom. The third-order valence-corrected chi connectivity index (χ3v) is 1.85. The van der Waals surface area contributed by atoms with E-state index in [0.29, 0.717) is 0 Å². The zero-order valence-corrected chi connectivity index (χ0v) is 7.68. The number of benzene rings is 1. The monoisotopic (exact) mass is 213 g/mol. The van der Waals surface area contributed by atoms with Crippen molar-refractivity contribution in [2.75, 3.05) is 5.88 Å². The molecule has 1 N–H and O–H groups in total. The number of nitriles is 1. The summed E-state index contributed by atoms with van der Waals surface area (Å²) in [5.41, 5.74) is -0.353. The summed E-state index contributed by atoms with van der Waals surface area (Å²) in [5.74, 6) is -2.84. The maximum Gasteiger partial charge on any atom is 0.180 e. The lowest BCUT2D eigenvalue weighted by atomic mass is 10.1. The van der Waals surface area contributed by atoms with E-state index in [1.165, 1.54) is 0 Å². The van der Waals surface area contributed by atoms with E-state index in [1.807, 2.05) is 0 Å². The van der Waals surface area contributed by atoms with Crippen LogP contribution in [0.1, 0.15) is 15.9 Å². The Balaban J connectivity index is 3.36. The quantitative estimate of drug-likeness (QED) is 0.602. The molecule has 0 aromatic heterocycles. The van der Waals surface area contributed by atoms with Crippen LogP contribution in [-0.4, -0.2) is 16.8 Å². The third-order valence-electron chi connectivity index (χ3n) is 1.60. The number of alkyl halides is 1. The summed E-state index contributed by atoms with van der Waals surface area (Å²) < 4.78 is 13.1. The summed E-state index contributed by atoms with van der Waals surface area (Å²) in [6, 6.07) is 3.69. The van der Waals surface area contributed by atoms with Crippen molar-refractivity contribution in [1.29, 1.82) is 5.26 Å². The van der Waals surface area contributed by atoms with Crippen molar-refractivity contribution < 1.29 is 14.3 Å². The van der Waals surface area contributed by atoms with E-state index in [1.54, 1.807) is 6.07 Å². The van der Waals surface area contributed by atoms with Crippen LogP contribution in [0.25, 0.3) is 0 Å². The van der Waals surface area contributed by atoms with Crippen LogP contribution in [0.3, 0.4) is 0 Å². The van der Waals surface area contributed by atoms with Crippen LogP contribution in [0.15, 0.2) is 12.1 Å². The number of rotatable bonds is 2. The highest BCUT2D eigenvalue weighted by molar-refractivity contribution is 6.30. The van der Waals surface area contributed by atoms with Crippen LogP contribution in [0.4, 0.5) is 4.39 Å². The first-order valence-corrected chi connectivity index (χ1v) is 4.15. The maximum absolute atomic E-state index is 13.1. The van der Waals surface area contributed by atoms with Crippen molar-refractivity contribution in [2.24, 2.45) is 0 Å². The number of hydrogen-bond acceptors (Lipinski definition) is 3. The highest BCUT2D eigenvalue weighted by Gasteiger charge is 2.15. The van der Waals surface area contributed by atoms with Gasteiger partial charge in [0.25, 0.3) is 0 Å². The number of nitrogens with zero attached hydrogens (tertiary/aromatic N) is 1. The van der Waals surface area contributed by atoms with Gasteiger partial charge >= 0.3 is 0 Å². The van der Waals surface area contributed by atoms with Crippen LogP contribution >= 0.6 is 11.6 Å². The first-order valence-electron chi connectivity index (χ1n) is 3.62. The van der Waals surface area contributed by atoms with Gasteiger partial charge in [-0.3, -0.25) is 4.79 Å². The molecule has 0 spiro atoms. The third kappa shape index (κ3) is 1.83. The van der Waals surface area contributed by atoms with E-state index in [4.69, 9.17) is 22.0 Å². The van der Waals surface area contributed by atoms with Crippen molar-refractivity contribution in [2.45, 2.75) is 0 Å². The lowest BCUT2D eigenvalue weighted by molar-refractivity contribution is 0.101. The Hall–Kier alpha value is -1.60. The molecule has 0 unspecified atom stereocenters. The summed E-state index contributed by atoms with van der Waals surface area (Å²) in [6.07, 6.45) is 0. The molecule has 0 atom stereocenters. The predicted molar refractivity (Wildman–Crippen MR) is 47.8 cm³/mol. The molecule has 1 aromatic rings. The molecular formula is C9H5ClFNO2. The van der Waals surface area contributed by atoms with Gasteiger partial charge in [0.2, 0.25) is 0 Å². The number of hydrogen-bond donors (Lipinski definition) is 1. The van der Waals surface area contributed by atoms with Gasteiger partial charge in [0, 0.05) is 6.07 Å². The first kappa shape index (κ1) is 10.5. The van der Waals surface area contributed by atoms with E-state index in [-0.39, 0.29) is 11.1 Å². The molecule has 0 fully saturated rings. The first-order chi connectivity index (χ1) is 6.60. The molecule has 0 radical (unpaired) electrons. The molecule has 0 amide bonds. The largest absolute Gasteiger partial charge is 0.505 e. The number of aromatic hydroxyl groups is 1. The molecule has 14 heavy (non-hydrogen) atoms. The van der Waals surface area contributed by atoms with Crippen molar-refractivity contribution in [3.63, 3.8) is 0 Å². The number of phenolic OH excluding ortho intramolecular Hbond substituents is 1. The van der Waals surface area contributed by atoms with Gasteiger partial charge in [-0.25, -0.2) is 4.39 Å². The van der Waals surface area contributed by atoms with Gasteiger partial charge < -0.3 is 5.11 Å². The van der Waals surface area contributed by atoms with E-state index in [9.17, 15) is 9.18 Å². The average Bonchev–Trinajstić information content (AvgIpc) is 2.20. The molecule has 72 valence electrons. The second-order valence-electron chi connectivity index (χ2n) is 2.53. The van der Waals surface area contributed by atoms with Gasteiger partial charge in [-0.05, 0) is 6.07 Å². The fourth-order valence-corrected chi connectivity index (χ4v) is 1.09. The molecule has 1 aromatic carbocycles. The molecule has 0 saturated carbocycles. The normalized spacial score (nSPS) is 9.50. The minimum Gasteiger partial charge on any atom is -0.505 e. The molecule has 0 saturated heterocycles. The Labute approximate surface area is 84.3 Å². The van der Waals surface area contributed by atoms with E-state index in [0.717, 1.165) is 12.1 Å². The molecule has 1 rings (SSSR count). The van der Waals surface area contributed by atoms with Crippen molar-refractivity contribution in [1.82, 2.24) is 0 Å². The lowest BCUT2D eigenvalue weighted by Gasteiger charge is -2.02. The van der Waals surface area contributed by atoms with Crippen molar-refractivity contribution in [3.8, 4) is 11.8 Å². The van der Waals surface area contributed by atoms with Gasteiger partial charge in [0.1, 0.15) is 0 Å².